The number of aryl methyl sites for hydroxylation is 2. The molecular formula is C14H20N2O2. The fourth-order valence-electron chi connectivity index (χ4n) is 1.99. The van der Waals surface area contributed by atoms with Gasteiger partial charge in [0, 0.05) is 7.05 Å². The quantitative estimate of drug-likeness (QED) is 0.824. The first kappa shape index (κ1) is 14.2. The predicted molar refractivity (Wildman–Crippen MR) is 70.9 cm³/mol. The Bertz CT molecular complexity index is 469. The molecule has 1 aromatic carbocycles. The van der Waals surface area contributed by atoms with Gasteiger partial charge >= 0.3 is 0 Å². The molecule has 2 N–H and O–H groups in total. The standard InChI is InChI=1S/C14H20N2O2/c1-9-5-6-12(10(2)7-9)11(3)16(4)14(18)8-13(15)17/h5-7,11H,8H2,1-4H3,(H2,15,17). The molecule has 0 aliphatic rings. The van der Waals surface area contributed by atoms with E-state index in [1.165, 1.54) is 5.56 Å². The van der Waals surface area contributed by atoms with Gasteiger partial charge < -0.3 is 10.6 Å². The van der Waals surface area contributed by atoms with Crippen LogP contribution in [0.2, 0.25) is 0 Å². The summed E-state index contributed by atoms with van der Waals surface area (Å²) in [5.41, 5.74) is 8.45. The van der Waals surface area contributed by atoms with E-state index < -0.39 is 5.91 Å². The number of nitrogens with zero attached hydrogens (tertiary/aromatic N) is 1. The van der Waals surface area contributed by atoms with Crippen molar-refractivity contribution in [2.24, 2.45) is 5.73 Å². The van der Waals surface area contributed by atoms with Crippen LogP contribution in [0.25, 0.3) is 0 Å². The summed E-state index contributed by atoms with van der Waals surface area (Å²) in [4.78, 5) is 24.1. The first-order valence-corrected chi connectivity index (χ1v) is 5.94. The first-order valence-electron chi connectivity index (χ1n) is 5.94. The summed E-state index contributed by atoms with van der Waals surface area (Å²) in [6.07, 6.45) is -0.244. The molecule has 0 heterocycles. The van der Waals surface area contributed by atoms with Crippen LogP contribution in [0.15, 0.2) is 18.2 Å². The minimum absolute atomic E-state index is 0.0718. The van der Waals surface area contributed by atoms with Gasteiger partial charge in [-0.1, -0.05) is 23.8 Å². The molecule has 0 saturated carbocycles. The highest BCUT2D eigenvalue weighted by atomic mass is 16.2. The molecule has 98 valence electrons. The molecule has 0 radical (unpaired) electrons. The van der Waals surface area contributed by atoms with Crippen LogP contribution in [0, 0.1) is 13.8 Å². The number of hydrogen-bond donors (Lipinski definition) is 1. The number of primary amides is 1. The Hall–Kier alpha value is -1.84. The Morgan fingerprint density at radius 3 is 2.44 bits per heavy atom. The molecule has 1 rings (SSSR count). The average Bonchev–Trinajstić information content (AvgIpc) is 2.26. The highest BCUT2D eigenvalue weighted by Crippen LogP contribution is 2.23. The normalized spacial score (nSPS) is 12.0. The first-order chi connectivity index (χ1) is 8.32. The van der Waals surface area contributed by atoms with Crippen molar-refractivity contribution in [3.63, 3.8) is 0 Å². The molecule has 0 aromatic heterocycles. The van der Waals surface area contributed by atoms with Crippen LogP contribution >= 0.6 is 0 Å². The maximum atomic E-state index is 11.8. The Morgan fingerprint density at radius 1 is 1.33 bits per heavy atom. The summed E-state index contributed by atoms with van der Waals surface area (Å²) < 4.78 is 0. The lowest BCUT2D eigenvalue weighted by atomic mass is 9.99. The van der Waals surface area contributed by atoms with Gasteiger partial charge in [0.1, 0.15) is 6.42 Å². The summed E-state index contributed by atoms with van der Waals surface area (Å²) in [5.74, 6) is -0.852. The molecule has 1 aromatic rings. The molecular weight excluding hydrogens is 228 g/mol. The Kier molecular flexibility index (Phi) is 4.48. The van der Waals surface area contributed by atoms with E-state index in [-0.39, 0.29) is 18.4 Å². The van der Waals surface area contributed by atoms with Crippen LogP contribution in [0.4, 0.5) is 0 Å². The molecule has 1 unspecified atom stereocenters. The minimum atomic E-state index is -0.598. The van der Waals surface area contributed by atoms with Crippen molar-refractivity contribution in [1.29, 1.82) is 0 Å². The molecule has 0 aliphatic heterocycles. The van der Waals surface area contributed by atoms with Gasteiger partial charge in [0.25, 0.3) is 0 Å². The third-order valence-electron chi connectivity index (χ3n) is 3.18. The molecule has 0 saturated heterocycles. The SMILES string of the molecule is Cc1ccc(C(C)N(C)C(=O)CC(N)=O)c(C)c1. The van der Waals surface area contributed by atoms with Crippen molar-refractivity contribution in [3.05, 3.63) is 34.9 Å². The van der Waals surface area contributed by atoms with E-state index in [9.17, 15) is 9.59 Å². The summed E-state index contributed by atoms with van der Waals surface area (Å²) in [6.45, 7) is 5.99. The van der Waals surface area contributed by atoms with Gasteiger partial charge in [-0.3, -0.25) is 9.59 Å². The smallest absolute Gasteiger partial charge is 0.232 e. The lowest BCUT2D eigenvalue weighted by Gasteiger charge is -2.26. The maximum Gasteiger partial charge on any atom is 0.232 e. The molecule has 4 heteroatoms. The molecule has 0 fully saturated rings. The van der Waals surface area contributed by atoms with Crippen molar-refractivity contribution in [2.75, 3.05) is 7.05 Å². The second-order valence-electron chi connectivity index (χ2n) is 4.68. The maximum absolute atomic E-state index is 11.8. The molecule has 1 atom stereocenters. The van der Waals surface area contributed by atoms with E-state index in [0.29, 0.717) is 0 Å². The molecule has 0 aliphatic carbocycles. The number of rotatable bonds is 4. The van der Waals surface area contributed by atoms with E-state index in [1.807, 2.05) is 32.9 Å². The van der Waals surface area contributed by atoms with Crippen LogP contribution in [-0.4, -0.2) is 23.8 Å². The van der Waals surface area contributed by atoms with Gasteiger partial charge in [-0.05, 0) is 31.9 Å². The van der Waals surface area contributed by atoms with Crippen molar-refractivity contribution in [2.45, 2.75) is 33.2 Å². The second-order valence-corrected chi connectivity index (χ2v) is 4.68. The van der Waals surface area contributed by atoms with E-state index in [4.69, 9.17) is 5.73 Å². The number of benzene rings is 1. The van der Waals surface area contributed by atoms with Gasteiger partial charge in [-0.15, -0.1) is 0 Å². The summed E-state index contributed by atoms with van der Waals surface area (Å²) in [5, 5.41) is 0. The fraction of sp³-hybridized carbons (Fsp3) is 0.429. The topological polar surface area (TPSA) is 63.4 Å². The fourth-order valence-corrected chi connectivity index (χ4v) is 1.99. The summed E-state index contributed by atoms with van der Waals surface area (Å²) >= 11 is 0. The van der Waals surface area contributed by atoms with Crippen LogP contribution in [0.5, 0.6) is 0 Å². The average molecular weight is 248 g/mol. The van der Waals surface area contributed by atoms with Crippen molar-refractivity contribution >= 4 is 11.8 Å². The second kappa shape index (κ2) is 5.67. The highest BCUT2D eigenvalue weighted by molar-refractivity contribution is 5.96. The van der Waals surface area contributed by atoms with Crippen LogP contribution in [0.3, 0.4) is 0 Å². The van der Waals surface area contributed by atoms with Gasteiger partial charge in [0.2, 0.25) is 11.8 Å². The molecule has 0 spiro atoms. The van der Waals surface area contributed by atoms with Gasteiger partial charge in [0.05, 0.1) is 6.04 Å². The lowest BCUT2D eigenvalue weighted by Crippen LogP contribution is -2.33. The van der Waals surface area contributed by atoms with E-state index in [2.05, 4.69) is 6.07 Å². The molecule has 18 heavy (non-hydrogen) atoms. The third-order valence-corrected chi connectivity index (χ3v) is 3.18. The summed E-state index contributed by atoms with van der Waals surface area (Å²) in [7, 11) is 1.69. The monoisotopic (exact) mass is 248 g/mol. The Balaban J connectivity index is 2.89. The molecule has 0 bridgehead atoms. The van der Waals surface area contributed by atoms with Crippen molar-refractivity contribution in [3.8, 4) is 0 Å². The third kappa shape index (κ3) is 3.32. The number of nitrogens with two attached hydrogens (primary N) is 1. The predicted octanol–water partition coefficient (Wildman–Crippen LogP) is 1.70. The van der Waals surface area contributed by atoms with Gasteiger partial charge in [0.15, 0.2) is 0 Å². The van der Waals surface area contributed by atoms with Crippen LogP contribution in [-0.2, 0) is 9.59 Å². The largest absolute Gasteiger partial charge is 0.369 e. The highest BCUT2D eigenvalue weighted by Gasteiger charge is 2.19. The zero-order valence-corrected chi connectivity index (χ0v) is 11.4. The number of carbonyl (C=O) groups is 2. The number of carbonyl (C=O) groups excluding carboxylic acids is 2. The van der Waals surface area contributed by atoms with Crippen molar-refractivity contribution in [1.82, 2.24) is 4.90 Å². The van der Waals surface area contributed by atoms with E-state index >= 15 is 0 Å². The molecule has 4 nitrogen and oxygen atoms in total. The van der Waals surface area contributed by atoms with Crippen LogP contribution < -0.4 is 5.73 Å². The lowest BCUT2D eigenvalue weighted by molar-refractivity contribution is -0.135. The van der Waals surface area contributed by atoms with Crippen molar-refractivity contribution < 1.29 is 9.59 Å². The summed E-state index contributed by atoms with van der Waals surface area (Å²) in [6, 6.07) is 6.05. The van der Waals surface area contributed by atoms with E-state index in [1.54, 1.807) is 11.9 Å². The zero-order chi connectivity index (χ0) is 13.9. The Morgan fingerprint density at radius 2 is 1.94 bits per heavy atom. The van der Waals surface area contributed by atoms with E-state index in [0.717, 1.165) is 11.1 Å². The number of hydrogen-bond acceptors (Lipinski definition) is 2. The zero-order valence-electron chi connectivity index (χ0n) is 11.4. The van der Waals surface area contributed by atoms with Gasteiger partial charge in [-0.2, -0.15) is 0 Å². The number of amides is 2. The van der Waals surface area contributed by atoms with Crippen LogP contribution in [0.1, 0.15) is 36.1 Å². The Labute approximate surface area is 108 Å². The van der Waals surface area contributed by atoms with Gasteiger partial charge in [-0.25, -0.2) is 0 Å². The molecule has 2 amide bonds. The minimum Gasteiger partial charge on any atom is -0.369 e.